The molecule has 1 amide bonds. The zero-order valence-electron chi connectivity index (χ0n) is 14.8. The lowest BCUT2D eigenvalue weighted by atomic mass is 9.95. The molecule has 2 atom stereocenters. The van der Waals surface area contributed by atoms with E-state index in [2.05, 4.69) is 38.3 Å². The summed E-state index contributed by atoms with van der Waals surface area (Å²) in [5.74, 6) is 3.20. The fourth-order valence-corrected chi connectivity index (χ4v) is 2.49. The number of carbonyl (C=O) groups excluding carboxylic acids is 1. The van der Waals surface area contributed by atoms with Crippen LogP contribution in [-0.4, -0.2) is 42.3 Å². The topological polar surface area (TPSA) is 50.4 Å². The number of hydrogen-bond acceptors (Lipinski definition) is 4. The molecule has 5 heteroatoms. The smallest absolute Gasteiger partial charge is 0.407 e. The van der Waals surface area contributed by atoms with Gasteiger partial charge in [0.15, 0.2) is 0 Å². The van der Waals surface area contributed by atoms with Gasteiger partial charge in [-0.15, -0.1) is 0 Å². The Morgan fingerprint density at radius 1 is 1.19 bits per heavy atom. The average Bonchev–Trinajstić information content (AvgIpc) is 2.33. The van der Waals surface area contributed by atoms with Crippen LogP contribution in [0, 0.1) is 11.8 Å². The van der Waals surface area contributed by atoms with Gasteiger partial charge in [0.2, 0.25) is 0 Å². The highest BCUT2D eigenvalue weighted by Crippen LogP contribution is 2.11. The third-order valence-electron chi connectivity index (χ3n) is 3.15. The first kappa shape index (κ1) is 20.6. The molecule has 0 aromatic carbocycles. The van der Waals surface area contributed by atoms with Crippen molar-refractivity contribution in [1.29, 1.82) is 0 Å². The van der Waals surface area contributed by atoms with Crippen molar-refractivity contribution in [1.82, 2.24) is 10.6 Å². The number of carbonyl (C=O) groups is 1. The van der Waals surface area contributed by atoms with Crippen molar-refractivity contribution in [2.45, 2.75) is 60.1 Å². The van der Waals surface area contributed by atoms with Crippen molar-refractivity contribution in [2.24, 2.45) is 11.8 Å². The molecule has 0 aliphatic carbocycles. The van der Waals surface area contributed by atoms with E-state index in [1.54, 1.807) is 0 Å². The lowest BCUT2D eigenvalue weighted by Crippen LogP contribution is -2.41. The summed E-state index contributed by atoms with van der Waals surface area (Å²) in [5.41, 5.74) is -0.443. The largest absolute Gasteiger partial charge is 0.444 e. The molecule has 0 aliphatic heterocycles. The second-order valence-electron chi connectivity index (χ2n) is 6.86. The predicted octanol–water partition coefficient (Wildman–Crippen LogP) is 3.51. The molecule has 0 fully saturated rings. The van der Waals surface area contributed by atoms with Gasteiger partial charge in [-0.1, -0.05) is 20.8 Å². The quantitative estimate of drug-likeness (QED) is 0.683. The Balaban J connectivity index is 4.11. The van der Waals surface area contributed by atoms with Gasteiger partial charge in [0.1, 0.15) is 5.60 Å². The highest BCUT2D eigenvalue weighted by molar-refractivity contribution is 7.99. The molecule has 0 aromatic rings. The van der Waals surface area contributed by atoms with Crippen LogP contribution in [0.1, 0.15) is 48.5 Å². The molecule has 126 valence electrons. The molecule has 2 N–H and O–H groups in total. The van der Waals surface area contributed by atoms with Gasteiger partial charge in [0, 0.05) is 24.9 Å². The summed E-state index contributed by atoms with van der Waals surface area (Å²) < 4.78 is 5.27. The summed E-state index contributed by atoms with van der Waals surface area (Å²) in [7, 11) is 0. The molecule has 0 rings (SSSR count). The molecule has 21 heavy (non-hydrogen) atoms. The number of nitrogens with one attached hydrogen (secondary N) is 2. The Labute approximate surface area is 135 Å². The van der Waals surface area contributed by atoms with Crippen LogP contribution < -0.4 is 10.6 Å². The Morgan fingerprint density at radius 3 is 2.29 bits per heavy atom. The highest BCUT2D eigenvalue weighted by atomic mass is 32.2. The molecule has 0 aliphatic rings. The van der Waals surface area contributed by atoms with Crippen LogP contribution in [0.25, 0.3) is 0 Å². The zero-order valence-corrected chi connectivity index (χ0v) is 15.6. The lowest BCUT2D eigenvalue weighted by molar-refractivity contribution is 0.0514. The van der Waals surface area contributed by atoms with Gasteiger partial charge in [0.05, 0.1) is 0 Å². The van der Waals surface area contributed by atoms with E-state index in [4.69, 9.17) is 4.74 Å². The first-order valence-electron chi connectivity index (χ1n) is 7.93. The highest BCUT2D eigenvalue weighted by Gasteiger charge is 2.19. The second kappa shape index (κ2) is 10.3. The van der Waals surface area contributed by atoms with Crippen LogP contribution in [0.3, 0.4) is 0 Å². The minimum Gasteiger partial charge on any atom is -0.444 e. The summed E-state index contributed by atoms with van der Waals surface area (Å²) in [6.07, 6.45) is -0.331. The van der Waals surface area contributed by atoms with Crippen LogP contribution in [-0.2, 0) is 4.74 Å². The number of rotatable bonds is 9. The first-order valence-corrected chi connectivity index (χ1v) is 9.09. The van der Waals surface area contributed by atoms with E-state index in [0.29, 0.717) is 24.4 Å². The normalized spacial score (nSPS) is 14.9. The maximum absolute atomic E-state index is 11.7. The summed E-state index contributed by atoms with van der Waals surface area (Å²) in [6.45, 7) is 16.0. The van der Waals surface area contributed by atoms with Crippen LogP contribution in [0.4, 0.5) is 4.79 Å². The minimum absolute atomic E-state index is 0.331. The maximum Gasteiger partial charge on any atom is 0.407 e. The van der Waals surface area contributed by atoms with Gasteiger partial charge in [-0.3, -0.25) is 0 Å². The van der Waals surface area contributed by atoms with Gasteiger partial charge >= 0.3 is 6.09 Å². The van der Waals surface area contributed by atoms with Gasteiger partial charge < -0.3 is 15.4 Å². The zero-order chi connectivity index (χ0) is 16.5. The minimum atomic E-state index is -0.443. The molecule has 0 aromatic heterocycles. The van der Waals surface area contributed by atoms with Crippen molar-refractivity contribution in [3.8, 4) is 0 Å². The number of ether oxygens (including phenoxy) is 1. The molecule has 2 unspecified atom stereocenters. The predicted molar refractivity (Wildman–Crippen MR) is 93.0 cm³/mol. The number of alkyl carbamates (subject to hydrolysis) is 1. The number of thioether (sulfide) groups is 1. The number of amides is 1. The van der Waals surface area contributed by atoms with Gasteiger partial charge in [-0.25, -0.2) is 4.79 Å². The Hall–Kier alpha value is -0.420. The van der Waals surface area contributed by atoms with Crippen LogP contribution in [0.15, 0.2) is 0 Å². The fourth-order valence-electron chi connectivity index (χ4n) is 1.78. The van der Waals surface area contributed by atoms with E-state index in [1.807, 2.05) is 32.5 Å². The maximum atomic E-state index is 11.7. The van der Waals surface area contributed by atoms with E-state index in [9.17, 15) is 4.79 Å². The molecular formula is C16H34N2O2S. The van der Waals surface area contributed by atoms with Gasteiger partial charge in [0.25, 0.3) is 0 Å². The Morgan fingerprint density at radius 2 is 1.81 bits per heavy atom. The van der Waals surface area contributed by atoms with Gasteiger partial charge in [-0.2, -0.15) is 11.8 Å². The number of hydrogen-bond donors (Lipinski definition) is 2. The van der Waals surface area contributed by atoms with Crippen molar-refractivity contribution in [2.75, 3.05) is 24.6 Å². The first-order chi connectivity index (χ1) is 9.65. The summed E-state index contributed by atoms with van der Waals surface area (Å²) in [5, 5.41) is 6.44. The molecule has 0 radical (unpaired) electrons. The second-order valence-corrected chi connectivity index (χ2v) is 8.17. The molecule has 0 spiro atoms. The average molecular weight is 319 g/mol. The summed E-state index contributed by atoms with van der Waals surface area (Å²) in [4.78, 5) is 11.7. The Kier molecular flexibility index (Phi) is 10.1. The third-order valence-corrected chi connectivity index (χ3v) is 4.29. The van der Waals surface area contributed by atoms with Crippen LogP contribution in [0.5, 0.6) is 0 Å². The van der Waals surface area contributed by atoms with Crippen LogP contribution >= 0.6 is 11.8 Å². The third kappa shape index (κ3) is 11.9. The van der Waals surface area contributed by atoms with Gasteiger partial charge in [-0.05, 0) is 45.3 Å². The molecule has 0 saturated heterocycles. The SMILES string of the molecule is CCSCC(C)NCC(CNC(=O)OC(C)(C)C)C(C)C. The van der Waals surface area contributed by atoms with E-state index in [-0.39, 0.29) is 6.09 Å². The standard InChI is InChI=1S/C16H34N2O2S/c1-8-21-11-13(4)17-9-14(12(2)3)10-18-15(19)20-16(5,6)7/h12-14,17H,8-11H2,1-7H3,(H,18,19). The van der Waals surface area contributed by atoms with Crippen LogP contribution in [0.2, 0.25) is 0 Å². The molecular weight excluding hydrogens is 284 g/mol. The molecule has 0 bridgehead atoms. The van der Waals surface area contributed by atoms with Crippen molar-refractivity contribution < 1.29 is 9.53 Å². The molecule has 0 saturated carbocycles. The Bertz CT molecular complexity index is 290. The van der Waals surface area contributed by atoms with E-state index >= 15 is 0 Å². The van der Waals surface area contributed by atoms with Crippen molar-refractivity contribution in [3.63, 3.8) is 0 Å². The van der Waals surface area contributed by atoms with Crippen molar-refractivity contribution >= 4 is 17.9 Å². The van der Waals surface area contributed by atoms with Crippen molar-refractivity contribution in [3.05, 3.63) is 0 Å². The molecule has 0 heterocycles. The summed E-state index contributed by atoms with van der Waals surface area (Å²) >= 11 is 1.95. The molecule has 4 nitrogen and oxygen atoms in total. The van der Waals surface area contributed by atoms with E-state index in [1.165, 1.54) is 0 Å². The monoisotopic (exact) mass is 318 g/mol. The lowest BCUT2D eigenvalue weighted by Gasteiger charge is -2.25. The van der Waals surface area contributed by atoms with E-state index in [0.717, 1.165) is 18.1 Å². The summed E-state index contributed by atoms with van der Waals surface area (Å²) in [6, 6.07) is 0.498. The van der Waals surface area contributed by atoms with E-state index < -0.39 is 5.60 Å². The fraction of sp³-hybridized carbons (Fsp3) is 0.938.